The molecule has 1 fully saturated rings. The zero-order chi connectivity index (χ0) is 16.7. The number of rotatable bonds is 7. The second-order valence-corrected chi connectivity index (χ2v) is 5.78. The molecule has 23 heavy (non-hydrogen) atoms. The third kappa shape index (κ3) is 5.56. The maximum absolute atomic E-state index is 12.4. The molecule has 0 aliphatic carbocycles. The summed E-state index contributed by atoms with van der Waals surface area (Å²) in [7, 11) is 1.78. The molecule has 0 spiro atoms. The number of benzene rings is 1. The van der Waals surface area contributed by atoms with Gasteiger partial charge in [-0.25, -0.2) is 4.79 Å². The Hall–Kier alpha value is -2.08. The van der Waals surface area contributed by atoms with Crippen molar-refractivity contribution in [2.45, 2.75) is 19.3 Å². The molecule has 1 aliphatic rings. The van der Waals surface area contributed by atoms with E-state index in [1.54, 1.807) is 36.2 Å². The molecule has 0 saturated carbocycles. The fourth-order valence-electron chi connectivity index (χ4n) is 2.60. The zero-order valence-corrected chi connectivity index (χ0v) is 13.4. The van der Waals surface area contributed by atoms with Gasteiger partial charge in [0.1, 0.15) is 5.75 Å². The predicted octanol–water partition coefficient (Wildman–Crippen LogP) is 2.04. The lowest BCUT2D eigenvalue weighted by molar-refractivity contribution is -0.139. The molecule has 0 bridgehead atoms. The van der Waals surface area contributed by atoms with Gasteiger partial charge in [-0.15, -0.1) is 0 Å². The first kappa shape index (κ1) is 17.3. The quantitative estimate of drug-likeness (QED) is 0.831. The van der Waals surface area contributed by atoms with Crippen LogP contribution in [-0.4, -0.2) is 55.3 Å². The lowest BCUT2D eigenvalue weighted by Crippen LogP contribution is -2.30. The van der Waals surface area contributed by atoms with Gasteiger partial charge >= 0.3 is 5.97 Å². The maximum Gasteiger partial charge on any atom is 0.341 e. The molecule has 2 rings (SSSR count). The molecule has 1 aromatic carbocycles. The zero-order valence-electron chi connectivity index (χ0n) is 13.4. The van der Waals surface area contributed by atoms with Gasteiger partial charge in [0.25, 0.3) is 5.91 Å². The summed E-state index contributed by atoms with van der Waals surface area (Å²) < 4.78 is 10.4. The van der Waals surface area contributed by atoms with Crippen LogP contribution >= 0.6 is 0 Å². The van der Waals surface area contributed by atoms with E-state index in [0.717, 1.165) is 32.5 Å². The van der Waals surface area contributed by atoms with Gasteiger partial charge in [0.15, 0.2) is 6.61 Å². The van der Waals surface area contributed by atoms with Crippen molar-refractivity contribution >= 4 is 11.9 Å². The van der Waals surface area contributed by atoms with Gasteiger partial charge in [-0.1, -0.05) is 6.07 Å². The van der Waals surface area contributed by atoms with E-state index in [1.165, 1.54) is 0 Å². The van der Waals surface area contributed by atoms with Gasteiger partial charge < -0.3 is 19.5 Å². The molecule has 1 aliphatic heterocycles. The van der Waals surface area contributed by atoms with Crippen molar-refractivity contribution in [1.82, 2.24) is 4.90 Å². The summed E-state index contributed by atoms with van der Waals surface area (Å²) in [5.74, 6) is -0.131. The first-order valence-electron chi connectivity index (χ1n) is 7.84. The average Bonchev–Trinajstić information content (AvgIpc) is 2.58. The van der Waals surface area contributed by atoms with Gasteiger partial charge in [0.05, 0.1) is 0 Å². The van der Waals surface area contributed by atoms with Crippen LogP contribution in [0.25, 0.3) is 0 Å². The molecule has 1 heterocycles. The van der Waals surface area contributed by atoms with Crippen LogP contribution in [0.2, 0.25) is 0 Å². The second kappa shape index (κ2) is 8.53. The molecule has 0 aromatic heterocycles. The van der Waals surface area contributed by atoms with Crippen LogP contribution < -0.4 is 4.74 Å². The number of nitrogens with zero attached hydrogens (tertiary/aromatic N) is 1. The Morgan fingerprint density at radius 3 is 2.78 bits per heavy atom. The maximum atomic E-state index is 12.4. The highest BCUT2D eigenvalue weighted by molar-refractivity contribution is 5.94. The van der Waals surface area contributed by atoms with Gasteiger partial charge in [-0.2, -0.15) is 0 Å². The minimum atomic E-state index is -1.05. The lowest BCUT2D eigenvalue weighted by atomic mass is 9.96. The van der Waals surface area contributed by atoms with Crippen molar-refractivity contribution in [3.63, 3.8) is 0 Å². The van der Waals surface area contributed by atoms with E-state index in [-0.39, 0.29) is 5.91 Å². The Kier molecular flexibility index (Phi) is 6.40. The molecule has 6 nitrogen and oxygen atoms in total. The van der Waals surface area contributed by atoms with Crippen LogP contribution in [0.5, 0.6) is 5.75 Å². The number of carboxylic acids is 1. The predicted molar refractivity (Wildman–Crippen MR) is 84.7 cm³/mol. The Labute approximate surface area is 136 Å². The van der Waals surface area contributed by atoms with Crippen molar-refractivity contribution in [2.24, 2.45) is 5.92 Å². The summed E-state index contributed by atoms with van der Waals surface area (Å²) in [6.45, 7) is 1.90. The number of carbonyl (C=O) groups excluding carboxylic acids is 1. The van der Waals surface area contributed by atoms with E-state index < -0.39 is 12.6 Å². The van der Waals surface area contributed by atoms with Gasteiger partial charge in [-0.05, 0) is 43.4 Å². The first-order chi connectivity index (χ1) is 11.1. The Bertz CT molecular complexity index is 540. The highest BCUT2D eigenvalue weighted by Crippen LogP contribution is 2.19. The van der Waals surface area contributed by atoms with Crippen molar-refractivity contribution in [3.05, 3.63) is 29.8 Å². The van der Waals surface area contributed by atoms with Crippen LogP contribution in [0, 0.1) is 5.92 Å². The molecule has 6 heteroatoms. The van der Waals surface area contributed by atoms with Gasteiger partial charge in [0.2, 0.25) is 0 Å². The normalized spacial score (nSPS) is 15.2. The van der Waals surface area contributed by atoms with Crippen molar-refractivity contribution in [2.75, 3.05) is 33.4 Å². The summed E-state index contributed by atoms with van der Waals surface area (Å²) >= 11 is 0. The monoisotopic (exact) mass is 321 g/mol. The summed E-state index contributed by atoms with van der Waals surface area (Å²) in [5.41, 5.74) is 0.502. The topological polar surface area (TPSA) is 76.1 Å². The van der Waals surface area contributed by atoms with Gasteiger partial charge in [-0.3, -0.25) is 4.79 Å². The van der Waals surface area contributed by atoms with Crippen molar-refractivity contribution < 1.29 is 24.2 Å². The standard InChI is InChI=1S/C17H23NO5/c1-18(8-5-13-6-9-22-10-7-13)17(21)14-3-2-4-15(11-14)23-12-16(19)20/h2-4,11,13H,5-10,12H2,1H3,(H,19,20). The second-order valence-electron chi connectivity index (χ2n) is 5.78. The number of aliphatic carboxylic acids is 1. The Balaban J connectivity index is 1.87. The van der Waals surface area contributed by atoms with E-state index in [0.29, 0.717) is 23.8 Å². The summed E-state index contributed by atoms with van der Waals surface area (Å²) in [6.07, 6.45) is 3.09. The van der Waals surface area contributed by atoms with E-state index in [2.05, 4.69) is 0 Å². The molecule has 0 radical (unpaired) electrons. The van der Waals surface area contributed by atoms with Crippen LogP contribution in [0.15, 0.2) is 24.3 Å². The fraction of sp³-hybridized carbons (Fsp3) is 0.529. The SMILES string of the molecule is CN(CCC1CCOCC1)C(=O)c1cccc(OCC(=O)O)c1. The smallest absolute Gasteiger partial charge is 0.341 e. The van der Waals surface area contributed by atoms with Crippen LogP contribution in [0.1, 0.15) is 29.6 Å². The van der Waals surface area contributed by atoms with Crippen LogP contribution in [0.3, 0.4) is 0 Å². The number of amides is 1. The molecule has 1 saturated heterocycles. The number of carbonyl (C=O) groups is 2. The molecular formula is C17H23NO5. The summed E-state index contributed by atoms with van der Waals surface area (Å²) in [6, 6.07) is 6.62. The highest BCUT2D eigenvalue weighted by Gasteiger charge is 2.17. The number of carboxylic acid groups (broad SMARTS) is 1. The Morgan fingerprint density at radius 1 is 1.35 bits per heavy atom. The molecule has 0 atom stereocenters. The molecule has 1 aromatic rings. The van der Waals surface area contributed by atoms with Crippen LogP contribution in [0.4, 0.5) is 0 Å². The summed E-state index contributed by atoms with van der Waals surface area (Å²) in [4.78, 5) is 24.7. The third-order valence-electron chi connectivity index (χ3n) is 4.00. The minimum Gasteiger partial charge on any atom is -0.482 e. The Morgan fingerprint density at radius 2 is 2.09 bits per heavy atom. The number of hydrogen-bond donors (Lipinski definition) is 1. The van der Waals surface area contributed by atoms with E-state index in [1.807, 2.05) is 0 Å². The molecular weight excluding hydrogens is 298 g/mol. The minimum absolute atomic E-state index is 0.0853. The van der Waals surface area contributed by atoms with Crippen LogP contribution in [-0.2, 0) is 9.53 Å². The summed E-state index contributed by atoms with van der Waals surface area (Å²) in [5, 5.41) is 8.63. The lowest BCUT2D eigenvalue weighted by Gasteiger charge is -2.25. The van der Waals surface area contributed by atoms with E-state index in [9.17, 15) is 9.59 Å². The fourth-order valence-corrected chi connectivity index (χ4v) is 2.60. The number of hydrogen-bond acceptors (Lipinski definition) is 4. The van der Waals surface area contributed by atoms with Gasteiger partial charge in [0, 0.05) is 32.4 Å². The van der Waals surface area contributed by atoms with Crippen molar-refractivity contribution in [3.8, 4) is 5.75 Å². The van der Waals surface area contributed by atoms with Crippen molar-refractivity contribution in [1.29, 1.82) is 0 Å². The molecule has 126 valence electrons. The largest absolute Gasteiger partial charge is 0.482 e. The average molecular weight is 321 g/mol. The molecule has 1 amide bonds. The molecule has 1 N–H and O–H groups in total. The third-order valence-corrected chi connectivity index (χ3v) is 4.00. The van der Waals surface area contributed by atoms with E-state index in [4.69, 9.17) is 14.6 Å². The van der Waals surface area contributed by atoms with E-state index >= 15 is 0 Å². The number of ether oxygens (including phenoxy) is 2. The first-order valence-corrected chi connectivity index (χ1v) is 7.84. The highest BCUT2D eigenvalue weighted by atomic mass is 16.5. The molecule has 0 unspecified atom stereocenters.